The van der Waals surface area contributed by atoms with Gasteiger partial charge in [-0.15, -0.1) is 0 Å². The summed E-state index contributed by atoms with van der Waals surface area (Å²) in [5.74, 6) is 0.190. The van der Waals surface area contributed by atoms with Crippen molar-refractivity contribution >= 4 is 11.6 Å². The largest absolute Gasteiger partial charge is 0.344 e. The molecule has 2 bridgehead atoms. The summed E-state index contributed by atoms with van der Waals surface area (Å²) in [6.45, 7) is 2.06. The second-order valence-corrected chi connectivity index (χ2v) is 6.42. The van der Waals surface area contributed by atoms with Gasteiger partial charge in [0.25, 0.3) is 0 Å². The molecule has 4 atom stereocenters. The van der Waals surface area contributed by atoms with Crippen molar-refractivity contribution in [3.63, 3.8) is 0 Å². The number of Topliss-reactive ketones (excluding diaryl/α,β-unsaturated/α-hetero) is 2. The van der Waals surface area contributed by atoms with Crippen molar-refractivity contribution in [3.05, 3.63) is 47.0 Å². The van der Waals surface area contributed by atoms with E-state index in [0.29, 0.717) is 11.1 Å². The summed E-state index contributed by atoms with van der Waals surface area (Å²) in [6, 6.07) is 7.16. The van der Waals surface area contributed by atoms with Crippen molar-refractivity contribution in [1.82, 2.24) is 0 Å². The normalized spacial score (nSPS) is 43.5. The monoisotopic (exact) mass is 266 g/mol. The van der Waals surface area contributed by atoms with E-state index in [1.54, 1.807) is 12.1 Å². The van der Waals surface area contributed by atoms with Gasteiger partial charge in [-0.3, -0.25) is 9.59 Å². The number of fused-ring (bicyclic) bond motifs is 2. The molecule has 3 heteroatoms. The van der Waals surface area contributed by atoms with E-state index in [1.807, 2.05) is 12.1 Å². The first-order valence-corrected chi connectivity index (χ1v) is 7.20. The highest BCUT2D eigenvalue weighted by atomic mass is 16.6. The summed E-state index contributed by atoms with van der Waals surface area (Å²) in [4.78, 5) is 25.9. The van der Waals surface area contributed by atoms with Crippen molar-refractivity contribution in [2.24, 2.45) is 11.8 Å². The number of epoxide rings is 1. The molecule has 20 heavy (non-hydrogen) atoms. The fourth-order valence-corrected chi connectivity index (χ4v) is 4.88. The molecule has 0 N–H and O–H groups in total. The number of carbonyl (C=O) groups is 2. The first kappa shape index (κ1) is 11.0. The number of rotatable bonds is 0. The molecular formula is C17H14O3. The SMILES string of the molecule is CC1=C[C@H]2CC[C@H]1[C@]13O[C@@]21C(=O)c1ccccc1C3=O. The maximum atomic E-state index is 13.0. The van der Waals surface area contributed by atoms with Gasteiger partial charge in [0.15, 0.2) is 22.8 Å². The lowest BCUT2D eigenvalue weighted by molar-refractivity contribution is 0.0725. The predicted molar refractivity (Wildman–Crippen MR) is 71.6 cm³/mol. The van der Waals surface area contributed by atoms with Crippen LogP contribution in [-0.2, 0) is 4.74 Å². The fourth-order valence-electron chi connectivity index (χ4n) is 4.88. The molecule has 3 nitrogen and oxygen atoms in total. The second-order valence-electron chi connectivity index (χ2n) is 6.42. The molecule has 2 fully saturated rings. The second kappa shape index (κ2) is 2.96. The molecule has 5 aliphatic rings. The minimum Gasteiger partial charge on any atom is -0.344 e. The van der Waals surface area contributed by atoms with E-state index in [-0.39, 0.29) is 23.4 Å². The molecule has 1 aliphatic heterocycles. The lowest BCUT2D eigenvalue weighted by Gasteiger charge is -2.42. The molecule has 0 unspecified atom stereocenters. The fraction of sp³-hybridized carbons (Fsp3) is 0.412. The Morgan fingerprint density at radius 1 is 1.05 bits per heavy atom. The number of benzene rings is 1. The highest BCUT2D eigenvalue weighted by Crippen LogP contribution is 2.71. The zero-order valence-corrected chi connectivity index (χ0v) is 11.2. The van der Waals surface area contributed by atoms with E-state index >= 15 is 0 Å². The minimum atomic E-state index is -0.875. The number of ketones is 2. The molecule has 1 saturated heterocycles. The van der Waals surface area contributed by atoms with Crippen LogP contribution in [0.4, 0.5) is 0 Å². The summed E-state index contributed by atoms with van der Waals surface area (Å²) >= 11 is 0. The number of carbonyl (C=O) groups excluding carboxylic acids is 2. The van der Waals surface area contributed by atoms with Crippen LogP contribution in [0.1, 0.15) is 40.5 Å². The van der Waals surface area contributed by atoms with Crippen molar-refractivity contribution in [2.45, 2.75) is 31.0 Å². The summed E-state index contributed by atoms with van der Waals surface area (Å²) < 4.78 is 6.03. The Labute approximate surface area is 116 Å². The molecule has 0 radical (unpaired) electrons. The lowest BCUT2D eigenvalue weighted by atomic mass is 9.54. The van der Waals surface area contributed by atoms with E-state index < -0.39 is 11.2 Å². The Balaban J connectivity index is 1.83. The first-order chi connectivity index (χ1) is 9.63. The Morgan fingerprint density at radius 3 is 2.35 bits per heavy atom. The molecule has 0 aromatic heterocycles. The zero-order chi connectivity index (χ0) is 13.7. The van der Waals surface area contributed by atoms with Gasteiger partial charge < -0.3 is 4.74 Å². The predicted octanol–water partition coefficient (Wildman–Crippen LogP) is 2.56. The summed E-state index contributed by atoms with van der Waals surface area (Å²) in [5.41, 5.74) is 0.561. The van der Waals surface area contributed by atoms with Crippen LogP contribution in [0.3, 0.4) is 0 Å². The molecule has 0 amide bonds. The van der Waals surface area contributed by atoms with Gasteiger partial charge in [-0.2, -0.15) is 0 Å². The lowest BCUT2D eigenvalue weighted by Crippen LogP contribution is -2.57. The van der Waals surface area contributed by atoms with Gasteiger partial charge in [0.2, 0.25) is 0 Å². The first-order valence-electron chi connectivity index (χ1n) is 7.20. The standard InChI is InChI=1S/C17H14O3/c1-9-8-10-6-7-13(9)17-15(19)12-5-3-2-4-11(12)14(18)16(10,17)20-17/h2-5,8,10,13H,6-7H2,1H3/t10-,13-,16-,17-/m1/s1. The van der Waals surface area contributed by atoms with Crippen LogP contribution in [-0.4, -0.2) is 22.8 Å². The number of hydrogen-bond donors (Lipinski definition) is 0. The Bertz CT molecular complexity index is 732. The molecular weight excluding hydrogens is 252 g/mol. The number of ether oxygens (including phenoxy) is 1. The topological polar surface area (TPSA) is 46.7 Å². The third kappa shape index (κ3) is 0.837. The minimum absolute atomic E-state index is 0.0196. The smallest absolute Gasteiger partial charge is 0.199 e. The van der Waals surface area contributed by atoms with Crippen molar-refractivity contribution in [3.8, 4) is 0 Å². The van der Waals surface area contributed by atoms with Gasteiger partial charge in [0.05, 0.1) is 0 Å². The van der Waals surface area contributed by atoms with Gasteiger partial charge in [-0.05, 0) is 19.8 Å². The van der Waals surface area contributed by atoms with Crippen molar-refractivity contribution in [2.75, 3.05) is 0 Å². The Hall–Kier alpha value is -1.74. The van der Waals surface area contributed by atoms with E-state index in [4.69, 9.17) is 4.74 Å². The number of hydrogen-bond acceptors (Lipinski definition) is 3. The maximum absolute atomic E-state index is 13.0. The van der Waals surface area contributed by atoms with Gasteiger partial charge >= 0.3 is 0 Å². The van der Waals surface area contributed by atoms with Crippen LogP contribution in [0.2, 0.25) is 0 Å². The van der Waals surface area contributed by atoms with Gasteiger partial charge in [-0.1, -0.05) is 35.9 Å². The van der Waals surface area contributed by atoms with Crippen LogP contribution in [0.5, 0.6) is 0 Å². The average Bonchev–Trinajstić information content (AvgIpc) is 3.20. The molecule has 1 heterocycles. The van der Waals surface area contributed by atoms with Gasteiger partial charge in [-0.25, -0.2) is 0 Å². The van der Waals surface area contributed by atoms with Crippen molar-refractivity contribution in [1.29, 1.82) is 0 Å². The van der Waals surface area contributed by atoms with Crippen LogP contribution in [0, 0.1) is 11.8 Å². The highest BCUT2D eigenvalue weighted by molar-refractivity contribution is 6.26. The summed E-state index contributed by atoms with van der Waals surface area (Å²) in [7, 11) is 0. The quantitative estimate of drug-likeness (QED) is 0.535. The van der Waals surface area contributed by atoms with Crippen LogP contribution in [0.15, 0.2) is 35.9 Å². The maximum Gasteiger partial charge on any atom is 0.199 e. The molecule has 0 spiro atoms. The molecule has 1 aromatic rings. The van der Waals surface area contributed by atoms with E-state index in [9.17, 15) is 9.59 Å². The molecule has 4 aliphatic carbocycles. The average molecular weight is 266 g/mol. The van der Waals surface area contributed by atoms with Crippen LogP contribution < -0.4 is 0 Å². The third-order valence-electron chi connectivity index (χ3n) is 5.72. The molecule has 100 valence electrons. The summed E-state index contributed by atoms with van der Waals surface area (Å²) in [6.07, 6.45) is 4.07. The molecule has 1 saturated carbocycles. The molecule has 1 aromatic carbocycles. The Morgan fingerprint density at radius 2 is 1.70 bits per heavy atom. The van der Waals surface area contributed by atoms with Gasteiger partial charge in [0, 0.05) is 23.0 Å². The molecule has 6 rings (SSSR count). The summed E-state index contributed by atoms with van der Waals surface area (Å²) in [5, 5.41) is 0. The van der Waals surface area contributed by atoms with E-state index in [1.165, 1.54) is 5.57 Å². The highest BCUT2D eigenvalue weighted by Gasteiger charge is 2.87. The third-order valence-corrected chi connectivity index (χ3v) is 5.72. The van der Waals surface area contributed by atoms with Crippen LogP contribution in [0.25, 0.3) is 0 Å². The zero-order valence-electron chi connectivity index (χ0n) is 11.2. The van der Waals surface area contributed by atoms with E-state index in [0.717, 1.165) is 12.8 Å². The van der Waals surface area contributed by atoms with Gasteiger partial charge in [0.1, 0.15) is 0 Å². The van der Waals surface area contributed by atoms with Crippen molar-refractivity contribution < 1.29 is 14.3 Å². The van der Waals surface area contributed by atoms with E-state index in [2.05, 4.69) is 13.0 Å². The Kier molecular flexibility index (Phi) is 1.63. The van der Waals surface area contributed by atoms with Crippen LogP contribution >= 0.6 is 0 Å².